The van der Waals surface area contributed by atoms with Crippen molar-refractivity contribution < 1.29 is 14.4 Å². The predicted molar refractivity (Wildman–Crippen MR) is 74.5 cm³/mol. The van der Waals surface area contributed by atoms with E-state index in [1.54, 1.807) is 4.90 Å². The van der Waals surface area contributed by atoms with Gasteiger partial charge in [-0.2, -0.15) is 0 Å². The molecule has 3 amide bonds. The molecule has 0 aliphatic carbocycles. The van der Waals surface area contributed by atoms with E-state index in [2.05, 4.69) is 5.32 Å². The molecular weight excluding hydrogens is 278 g/mol. The fraction of sp³-hybridized carbons (Fsp3) is 0.462. The van der Waals surface area contributed by atoms with Gasteiger partial charge in [-0.05, 0) is 6.42 Å². The number of fused-ring (bicyclic) bond motifs is 1. The number of rotatable bonds is 2. The second-order valence-corrected chi connectivity index (χ2v) is 5.87. The normalized spacial score (nSPS) is 22.5. The number of hydrogen-bond donors (Lipinski definition) is 1. The molecule has 2 aliphatic rings. The van der Waals surface area contributed by atoms with Crippen LogP contribution in [0.25, 0.3) is 0 Å². The van der Waals surface area contributed by atoms with Crippen LogP contribution in [0.3, 0.4) is 0 Å². The molecule has 0 radical (unpaired) electrons. The lowest BCUT2D eigenvalue weighted by atomic mass is 10.0. The molecule has 106 valence electrons. The van der Waals surface area contributed by atoms with Gasteiger partial charge in [-0.25, -0.2) is 0 Å². The van der Waals surface area contributed by atoms with Gasteiger partial charge < -0.3 is 10.2 Å². The SMILES string of the molecule is CNc1scc2c1CN(C1CCC(=O)N(C)C1=O)C2=O. The number of nitrogens with zero attached hydrogens (tertiary/aromatic N) is 2. The molecule has 3 rings (SSSR count). The molecule has 0 bridgehead atoms. The van der Waals surface area contributed by atoms with E-state index in [1.165, 1.54) is 18.4 Å². The zero-order valence-electron chi connectivity index (χ0n) is 11.3. The van der Waals surface area contributed by atoms with Crippen molar-refractivity contribution in [2.24, 2.45) is 0 Å². The third kappa shape index (κ3) is 1.73. The highest BCUT2D eigenvalue weighted by molar-refractivity contribution is 7.14. The van der Waals surface area contributed by atoms with Crippen LogP contribution in [-0.2, 0) is 16.1 Å². The zero-order chi connectivity index (χ0) is 14.4. The quantitative estimate of drug-likeness (QED) is 0.822. The van der Waals surface area contributed by atoms with Crippen molar-refractivity contribution >= 4 is 34.1 Å². The maximum Gasteiger partial charge on any atom is 0.256 e. The standard InChI is InChI=1S/C13H15N3O3S/c1-14-11-7-5-16(12(18)8(7)6-20-11)9-3-4-10(17)15(2)13(9)19/h6,9,14H,3-5H2,1-2H3. The van der Waals surface area contributed by atoms with Gasteiger partial charge in [0.1, 0.15) is 6.04 Å². The summed E-state index contributed by atoms with van der Waals surface area (Å²) in [7, 11) is 3.29. The Hall–Kier alpha value is -1.89. The highest BCUT2D eigenvalue weighted by Gasteiger charge is 2.42. The lowest BCUT2D eigenvalue weighted by Gasteiger charge is -2.33. The van der Waals surface area contributed by atoms with Crippen LogP contribution in [0.4, 0.5) is 5.00 Å². The monoisotopic (exact) mass is 293 g/mol. The van der Waals surface area contributed by atoms with Gasteiger partial charge in [-0.3, -0.25) is 19.3 Å². The van der Waals surface area contributed by atoms with Gasteiger partial charge in [0.05, 0.1) is 17.1 Å². The first-order valence-corrected chi connectivity index (χ1v) is 7.32. The molecule has 1 saturated heterocycles. The van der Waals surface area contributed by atoms with Gasteiger partial charge in [0, 0.05) is 31.5 Å². The van der Waals surface area contributed by atoms with E-state index in [9.17, 15) is 14.4 Å². The van der Waals surface area contributed by atoms with Crippen LogP contribution in [-0.4, -0.2) is 47.7 Å². The molecule has 20 heavy (non-hydrogen) atoms. The number of nitrogens with one attached hydrogen (secondary N) is 1. The summed E-state index contributed by atoms with van der Waals surface area (Å²) >= 11 is 1.50. The number of likely N-dealkylation sites (N-methyl/N-ethyl adjacent to an activating group) is 1. The number of carbonyl (C=O) groups is 3. The molecule has 0 saturated carbocycles. The molecule has 0 spiro atoms. The number of anilines is 1. The molecule has 1 unspecified atom stereocenters. The molecule has 3 heterocycles. The van der Waals surface area contributed by atoms with Crippen molar-refractivity contribution in [1.29, 1.82) is 0 Å². The molecule has 1 aromatic heterocycles. The van der Waals surface area contributed by atoms with Crippen LogP contribution in [0.2, 0.25) is 0 Å². The fourth-order valence-electron chi connectivity index (χ4n) is 2.76. The van der Waals surface area contributed by atoms with E-state index < -0.39 is 6.04 Å². The van der Waals surface area contributed by atoms with Crippen LogP contribution >= 0.6 is 11.3 Å². The molecule has 6 nitrogen and oxygen atoms in total. The van der Waals surface area contributed by atoms with Crippen LogP contribution in [0.5, 0.6) is 0 Å². The summed E-state index contributed by atoms with van der Waals surface area (Å²) in [6.45, 7) is 0.437. The Morgan fingerprint density at radius 2 is 2.10 bits per heavy atom. The zero-order valence-corrected chi connectivity index (χ0v) is 12.1. The van der Waals surface area contributed by atoms with E-state index in [1.807, 2.05) is 12.4 Å². The lowest BCUT2D eigenvalue weighted by Crippen LogP contribution is -2.53. The molecule has 1 aromatic rings. The third-order valence-corrected chi connectivity index (χ3v) is 4.98. The number of likely N-dealkylation sites (tertiary alicyclic amines) is 1. The molecule has 7 heteroatoms. The second kappa shape index (κ2) is 4.59. The van der Waals surface area contributed by atoms with E-state index in [0.29, 0.717) is 24.9 Å². The second-order valence-electron chi connectivity index (χ2n) is 4.99. The van der Waals surface area contributed by atoms with Crippen molar-refractivity contribution in [3.63, 3.8) is 0 Å². The summed E-state index contributed by atoms with van der Waals surface area (Å²) in [4.78, 5) is 38.8. The van der Waals surface area contributed by atoms with E-state index in [-0.39, 0.29) is 17.7 Å². The van der Waals surface area contributed by atoms with E-state index >= 15 is 0 Å². The van der Waals surface area contributed by atoms with E-state index in [4.69, 9.17) is 0 Å². The molecule has 2 aliphatic heterocycles. The topological polar surface area (TPSA) is 69.7 Å². The predicted octanol–water partition coefficient (Wildman–Crippen LogP) is 0.893. The van der Waals surface area contributed by atoms with Gasteiger partial charge in [-0.1, -0.05) is 0 Å². The minimum Gasteiger partial charge on any atom is -0.380 e. The van der Waals surface area contributed by atoms with Crippen molar-refractivity contribution in [3.8, 4) is 0 Å². The first-order chi connectivity index (χ1) is 9.54. The third-order valence-electron chi connectivity index (χ3n) is 3.94. The molecule has 1 N–H and O–H groups in total. The van der Waals surface area contributed by atoms with E-state index in [0.717, 1.165) is 15.5 Å². The summed E-state index contributed by atoms with van der Waals surface area (Å²) in [6.07, 6.45) is 0.721. The van der Waals surface area contributed by atoms with Crippen molar-refractivity contribution in [2.75, 3.05) is 19.4 Å². The Bertz CT molecular complexity index is 610. The number of piperidine rings is 1. The Morgan fingerprint density at radius 3 is 2.80 bits per heavy atom. The average Bonchev–Trinajstić information content (AvgIpc) is 2.97. The maximum absolute atomic E-state index is 12.4. The minimum absolute atomic E-state index is 0.112. The van der Waals surface area contributed by atoms with Gasteiger partial charge in [0.2, 0.25) is 5.91 Å². The summed E-state index contributed by atoms with van der Waals surface area (Å²) in [5.41, 5.74) is 1.63. The largest absolute Gasteiger partial charge is 0.380 e. The Balaban J connectivity index is 1.87. The lowest BCUT2D eigenvalue weighted by molar-refractivity contribution is -0.150. The number of imide groups is 1. The fourth-order valence-corrected chi connectivity index (χ4v) is 3.68. The minimum atomic E-state index is -0.521. The van der Waals surface area contributed by atoms with Crippen LogP contribution in [0.15, 0.2) is 5.38 Å². The van der Waals surface area contributed by atoms with Gasteiger partial charge >= 0.3 is 0 Å². The number of carbonyl (C=O) groups excluding carboxylic acids is 3. The summed E-state index contributed by atoms with van der Waals surface area (Å²) in [6, 6.07) is -0.521. The Kier molecular flexibility index (Phi) is 3.01. The Labute approximate surface area is 120 Å². The van der Waals surface area contributed by atoms with Crippen LogP contribution in [0.1, 0.15) is 28.8 Å². The number of thiophene rings is 1. The van der Waals surface area contributed by atoms with Crippen molar-refractivity contribution in [2.45, 2.75) is 25.4 Å². The molecule has 1 fully saturated rings. The van der Waals surface area contributed by atoms with Crippen LogP contribution in [0, 0.1) is 0 Å². The summed E-state index contributed by atoms with van der Waals surface area (Å²) in [5.74, 6) is -0.573. The van der Waals surface area contributed by atoms with Gasteiger partial charge in [-0.15, -0.1) is 11.3 Å². The van der Waals surface area contributed by atoms with Crippen molar-refractivity contribution in [3.05, 3.63) is 16.5 Å². The highest BCUT2D eigenvalue weighted by Crippen LogP contribution is 2.37. The first-order valence-electron chi connectivity index (χ1n) is 6.44. The highest BCUT2D eigenvalue weighted by atomic mass is 32.1. The first kappa shape index (κ1) is 13.1. The summed E-state index contributed by atoms with van der Waals surface area (Å²) in [5, 5.41) is 5.86. The van der Waals surface area contributed by atoms with Gasteiger partial charge in [0.25, 0.3) is 11.8 Å². The Morgan fingerprint density at radius 1 is 1.35 bits per heavy atom. The smallest absolute Gasteiger partial charge is 0.256 e. The number of hydrogen-bond acceptors (Lipinski definition) is 5. The van der Waals surface area contributed by atoms with Crippen molar-refractivity contribution in [1.82, 2.24) is 9.80 Å². The number of amides is 3. The molecular formula is C13H15N3O3S. The van der Waals surface area contributed by atoms with Crippen LogP contribution < -0.4 is 5.32 Å². The maximum atomic E-state index is 12.4. The molecule has 0 aromatic carbocycles. The molecule has 1 atom stereocenters. The average molecular weight is 293 g/mol. The summed E-state index contributed by atoms with van der Waals surface area (Å²) < 4.78 is 0. The van der Waals surface area contributed by atoms with Gasteiger partial charge in [0.15, 0.2) is 0 Å².